The molecule has 0 bridgehead atoms. The van der Waals surface area contributed by atoms with Gasteiger partial charge in [0.2, 0.25) is 6.10 Å². The van der Waals surface area contributed by atoms with Crippen LogP contribution in [0.15, 0.2) is 29.4 Å². The predicted octanol–water partition coefficient (Wildman–Crippen LogP) is 2.98. The van der Waals surface area contributed by atoms with Crippen LogP contribution in [0.25, 0.3) is 0 Å². The third-order valence-corrected chi connectivity index (χ3v) is 3.54. The summed E-state index contributed by atoms with van der Waals surface area (Å²) in [5.41, 5.74) is 3.35. The van der Waals surface area contributed by atoms with E-state index in [-0.39, 0.29) is 5.91 Å². The quantitative estimate of drug-likeness (QED) is 0.897. The average molecular weight is 274 g/mol. The fraction of sp³-hybridized carbons (Fsp3) is 0.500. The summed E-state index contributed by atoms with van der Waals surface area (Å²) in [5, 5.41) is 6.80. The SMILES string of the molecule is CCC1=NOC(C(=O)NCc2ccc(C(C)C)cc2)C1. The van der Waals surface area contributed by atoms with E-state index < -0.39 is 6.10 Å². The van der Waals surface area contributed by atoms with E-state index in [1.807, 2.05) is 6.92 Å². The van der Waals surface area contributed by atoms with Gasteiger partial charge in [-0.05, 0) is 23.5 Å². The Kier molecular flexibility index (Phi) is 4.77. The Hall–Kier alpha value is -1.84. The van der Waals surface area contributed by atoms with Crippen molar-refractivity contribution in [1.82, 2.24) is 5.32 Å². The third-order valence-electron chi connectivity index (χ3n) is 3.54. The molecule has 2 rings (SSSR count). The van der Waals surface area contributed by atoms with E-state index in [2.05, 4.69) is 48.6 Å². The van der Waals surface area contributed by atoms with Crippen LogP contribution < -0.4 is 5.32 Å². The van der Waals surface area contributed by atoms with E-state index >= 15 is 0 Å². The highest BCUT2D eigenvalue weighted by Gasteiger charge is 2.26. The molecule has 0 aliphatic carbocycles. The molecule has 0 fully saturated rings. The van der Waals surface area contributed by atoms with Crippen molar-refractivity contribution in [1.29, 1.82) is 0 Å². The van der Waals surface area contributed by atoms with E-state index in [1.54, 1.807) is 0 Å². The number of nitrogens with zero attached hydrogens (tertiary/aromatic N) is 1. The van der Waals surface area contributed by atoms with Gasteiger partial charge in [-0.3, -0.25) is 4.79 Å². The third kappa shape index (κ3) is 3.59. The van der Waals surface area contributed by atoms with Gasteiger partial charge in [0.15, 0.2) is 0 Å². The van der Waals surface area contributed by atoms with Gasteiger partial charge >= 0.3 is 0 Å². The van der Waals surface area contributed by atoms with Gasteiger partial charge in [-0.2, -0.15) is 0 Å². The molecule has 0 radical (unpaired) electrons. The summed E-state index contributed by atoms with van der Waals surface area (Å²) >= 11 is 0. The van der Waals surface area contributed by atoms with E-state index in [0.29, 0.717) is 18.9 Å². The van der Waals surface area contributed by atoms with Crippen LogP contribution >= 0.6 is 0 Å². The summed E-state index contributed by atoms with van der Waals surface area (Å²) in [6, 6.07) is 8.32. The zero-order valence-corrected chi connectivity index (χ0v) is 12.3. The molecule has 108 valence electrons. The van der Waals surface area contributed by atoms with Crippen molar-refractivity contribution in [2.45, 2.75) is 52.2 Å². The highest BCUT2D eigenvalue weighted by Crippen LogP contribution is 2.15. The second kappa shape index (κ2) is 6.55. The Balaban J connectivity index is 1.82. The summed E-state index contributed by atoms with van der Waals surface area (Å²) in [4.78, 5) is 17.1. The first-order valence-electron chi connectivity index (χ1n) is 7.18. The zero-order valence-electron chi connectivity index (χ0n) is 12.3. The van der Waals surface area contributed by atoms with Gasteiger partial charge in [-0.15, -0.1) is 0 Å². The number of nitrogens with one attached hydrogen (secondary N) is 1. The first kappa shape index (κ1) is 14.6. The number of hydrogen-bond acceptors (Lipinski definition) is 3. The highest BCUT2D eigenvalue weighted by atomic mass is 16.6. The molecule has 0 saturated heterocycles. The van der Waals surface area contributed by atoms with Crippen LogP contribution in [0.3, 0.4) is 0 Å². The second-order valence-electron chi connectivity index (χ2n) is 5.42. The van der Waals surface area contributed by atoms with E-state index in [4.69, 9.17) is 4.84 Å². The molecule has 1 amide bonds. The number of hydrogen-bond donors (Lipinski definition) is 1. The van der Waals surface area contributed by atoms with Crippen LogP contribution in [0.4, 0.5) is 0 Å². The molecule has 1 aromatic rings. The fourth-order valence-electron chi connectivity index (χ4n) is 2.10. The smallest absolute Gasteiger partial charge is 0.264 e. The van der Waals surface area contributed by atoms with Crippen LogP contribution in [0.5, 0.6) is 0 Å². The molecule has 0 aromatic heterocycles. The lowest BCUT2D eigenvalue weighted by atomic mass is 10.0. The molecule has 1 atom stereocenters. The van der Waals surface area contributed by atoms with E-state index in [9.17, 15) is 4.79 Å². The number of rotatable bonds is 5. The minimum absolute atomic E-state index is 0.0925. The minimum Gasteiger partial charge on any atom is -0.382 e. The number of amides is 1. The normalized spacial score (nSPS) is 17.8. The molecule has 1 unspecified atom stereocenters. The topological polar surface area (TPSA) is 50.7 Å². The van der Waals surface area contributed by atoms with Crippen molar-refractivity contribution < 1.29 is 9.63 Å². The number of benzene rings is 1. The van der Waals surface area contributed by atoms with Crippen molar-refractivity contribution in [3.8, 4) is 0 Å². The van der Waals surface area contributed by atoms with Gasteiger partial charge in [0.05, 0.1) is 5.71 Å². The summed E-state index contributed by atoms with van der Waals surface area (Å²) in [5.74, 6) is 0.431. The van der Waals surface area contributed by atoms with E-state index in [0.717, 1.165) is 17.7 Å². The van der Waals surface area contributed by atoms with Crippen molar-refractivity contribution in [2.75, 3.05) is 0 Å². The maximum atomic E-state index is 11.9. The number of carbonyl (C=O) groups excluding carboxylic acids is 1. The second-order valence-corrected chi connectivity index (χ2v) is 5.42. The van der Waals surface area contributed by atoms with Gasteiger partial charge in [0.1, 0.15) is 0 Å². The first-order valence-corrected chi connectivity index (χ1v) is 7.18. The minimum atomic E-state index is -0.458. The Morgan fingerprint density at radius 3 is 2.65 bits per heavy atom. The molecule has 1 aromatic carbocycles. The van der Waals surface area contributed by atoms with Crippen molar-refractivity contribution in [2.24, 2.45) is 5.16 Å². The first-order chi connectivity index (χ1) is 9.60. The summed E-state index contributed by atoms with van der Waals surface area (Å²) in [6.07, 6.45) is 0.981. The van der Waals surface area contributed by atoms with Crippen molar-refractivity contribution in [3.63, 3.8) is 0 Å². The largest absolute Gasteiger partial charge is 0.382 e. The van der Waals surface area contributed by atoms with Crippen LogP contribution in [0.2, 0.25) is 0 Å². The monoisotopic (exact) mass is 274 g/mol. The molecule has 0 saturated carbocycles. The molecular weight excluding hydrogens is 252 g/mol. The van der Waals surface area contributed by atoms with Crippen LogP contribution in [-0.4, -0.2) is 17.7 Å². The Morgan fingerprint density at radius 1 is 1.40 bits per heavy atom. The average Bonchev–Trinajstić information content (AvgIpc) is 2.94. The van der Waals surface area contributed by atoms with E-state index in [1.165, 1.54) is 5.56 Å². The molecule has 1 aliphatic rings. The summed E-state index contributed by atoms with van der Waals surface area (Å²) < 4.78 is 0. The standard InChI is InChI=1S/C16H22N2O2/c1-4-14-9-15(20-18-14)16(19)17-10-12-5-7-13(8-6-12)11(2)3/h5-8,11,15H,4,9-10H2,1-3H3,(H,17,19). The van der Waals surface area contributed by atoms with Crippen LogP contribution in [0, 0.1) is 0 Å². The Labute approximate surface area is 120 Å². The van der Waals surface area contributed by atoms with Gasteiger partial charge in [0.25, 0.3) is 5.91 Å². The number of oxime groups is 1. The molecule has 20 heavy (non-hydrogen) atoms. The van der Waals surface area contributed by atoms with Gasteiger partial charge in [-0.1, -0.05) is 50.2 Å². The molecule has 4 nitrogen and oxygen atoms in total. The molecule has 1 aliphatic heterocycles. The molecule has 4 heteroatoms. The summed E-state index contributed by atoms with van der Waals surface area (Å²) in [6.45, 7) is 6.87. The number of carbonyl (C=O) groups is 1. The maximum Gasteiger partial charge on any atom is 0.264 e. The van der Waals surface area contributed by atoms with Gasteiger partial charge < -0.3 is 10.2 Å². The highest BCUT2D eigenvalue weighted by molar-refractivity contribution is 5.92. The Morgan fingerprint density at radius 2 is 2.10 bits per heavy atom. The molecule has 1 N–H and O–H groups in total. The molecule has 1 heterocycles. The van der Waals surface area contributed by atoms with Crippen LogP contribution in [-0.2, 0) is 16.2 Å². The predicted molar refractivity (Wildman–Crippen MR) is 79.6 cm³/mol. The van der Waals surface area contributed by atoms with Crippen molar-refractivity contribution >= 4 is 11.6 Å². The molecule has 0 spiro atoms. The Bertz CT molecular complexity index is 492. The lowest BCUT2D eigenvalue weighted by Crippen LogP contribution is -2.34. The maximum absolute atomic E-state index is 11.9. The van der Waals surface area contributed by atoms with Crippen molar-refractivity contribution in [3.05, 3.63) is 35.4 Å². The van der Waals surface area contributed by atoms with Crippen LogP contribution in [0.1, 0.15) is 50.7 Å². The molecular formula is C16H22N2O2. The fourth-order valence-corrected chi connectivity index (χ4v) is 2.10. The lowest BCUT2D eigenvalue weighted by Gasteiger charge is -2.10. The van der Waals surface area contributed by atoms with Gasteiger partial charge in [0, 0.05) is 13.0 Å². The lowest BCUT2D eigenvalue weighted by molar-refractivity contribution is -0.131. The summed E-state index contributed by atoms with van der Waals surface area (Å²) in [7, 11) is 0. The van der Waals surface area contributed by atoms with Gasteiger partial charge in [-0.25, -0.2) is 0 Å². The zero-order chi connectivity index (χ0) is 14.5.